The van der Waals surface area contributed by atoms with Crippen LogP contribution in [0.1, 0.15) is 18.5 Å². The first kappa shape index (κ1) is 10.1. The number of pyridine rings is 1. The lowest BCUT2D eigenvalue weighted by atomic mass is 10.2. The molecule has 1 amide bonds. The van der Waals surface area contributed by atoms with Gasteiger partial charge in [-0.3, -0.25) is 9.78 Å². The first-order valence-corrected chi connectivity index (χ1v) is 5.06. The second kappa shape index (κ2) is 3.62. The van der Waals surface area contributed by atoms with Crippen LogP contribution in [0.25, 0.3) is 0 Å². The van der Waals surface area contributed by atoms with Gasteiger partial charge in [0.25, 0.3) is 0 Å². The van der Waals surface area contributed by atoms with E-state index < -0.39 is 5.54 Å². The van der Waals surface area contributed by atoms with Crippen molar-refractivity contribution in [1.82, 2.24) is 9.88 Å². The monoisotopic (exact) mass is 205 g/mol. The number of rotatable bonds is 3. The lowest BCUT2D eigenvalue weighted by molar-refractivity contribution is -0.132. The van der Waals surface area contributed by atoms with Crippen molar-refractivity contribution in [3.05, 3.63) is 30.1 Å². The van der Waals surface area contributed by atoms with Gasteiger partial charge in [0.2, 0.25) is 5.91 Å². The molecule has 2 N–H and O–H groups in total. The molecule has 0 bridgehead atoms. The maximum atomic E-state index is 11.8. The number of carbonyl (C=O) groups is 1. The molecule has 80 valence electrons. The summed E-state index contributed by atoms with van der Waals surface area (Å²) >= 11 is 0. The van der Waals surface area contributed by atoms with Crippen molar-refractivity contribution in [3.8, 4) is 0 Å². The zero-order valence-corrected chi connectivity index (χ0v) is 8.81. The number of aromatic nitrogens is 1. The molecule has 1 fully saturated rings. The van der Waals surface area contributed by atoms with Gasteiger partial charge < -0.3 is 10.6 Å². The second-order valence-electron chi connectivity index (χ2n) is 4.14. The van der Waals surface area contributed by atoms with Crippen molar-refractivity contribution in [2.24, 2.45) is 5.73 Å². The zero-order chi connectivity index (χ0) is 10.9. The number of nitrogens with zero attached hydrogens (tertiary/aromatic N) is 2. The molecule has 1 saturated carbocycles. The third-order valence-corrected chi connectivity index (χ3v) is 2.69. The molecule has 4 heteroatoms. The van der Waals surface area contributed by atoms with Crippen LogP contribution in [-0.2, 0) is 11.3 Å². The van der Waals surface area contributed by atoms with E-state index in [2.05, 4.69) is 4.98 Å². The van der Waals surface area contributed by atoms with Crippen LogP contribution >= 0.6 is 0 Å². The molecular formula is C11H15N3O. The van der Waals surface area contributed by atoms with Crippen LogP contribution in [-0.4, -0.2) is 28.4 Å². The average Bonchev–Trinajstić information content (AvgIpc) is 2.98. The number of hydrogen-bond donors (Lipinski definition) is 1. The summed E-state index contributed by atoms with van der Waals surface area (Å²) in [7, 11) is 1.77. The second-order valence-corrected chi connectivity index (χ2v) is 4.14. The topological polar surface area (TPSA) is 59.2 Å². The summed E-state index contributed by atoms with van der Waals surface area (Å²) in [6.45, 7) is 0.526. The van der Waals surface area contributed by atoms with E-state index in [1.54, 1.807) is 18.1 Å². The highest BCUT2D eigenvalue weighted by Gasteiger charge is 2.47. The summed E-state index contributed by atoms with van der Waals surface area (Å²) in [4.78, 5) is 17.6. The molecule has 1 aromatic rings. The van der Waals surface area contributed by atoms with E-state index in [1.165, 1.54) is 0 Å². The van der Waals surface area contributed by atoms with Gasteiger partial charge in [-0.05, 0) is 25.0 Å². The number of hydrogen-bond acceptors (Lipinski definition) is 3. The van der Waals surface area contributed by atoms with Gasteiger partial charge in [0.05, 0.1) is 17.8 Å². The SMILES string of the molecule is CN(Cc1ccccn1)C(=O)C1(N)CC1. The first-order valence-electron chi connectivity index (χ1n) is 5.06. The van der Waals surface area contributed by atoms with E-state index in [1.807, 2.05) is 18.2 Å². The predicted molar refractivity (Wildman–Crippen MR) is 56.9 cm³/mol. The van der Waals surface area contributed by atoms with Crippen molar-refractivity contribution in [2.75, 3.05) is 7.05 Å². The van der Waals surface area contributed by atoms with Crippen molar-refractivity contribution in [3.63, 3.8) is 0 Å². The van der Waals surface area contributed by atoms with Gasteiger partial charge in [-0.25, -0.2) is 0 Å². The van der Waals surface area contributed by atoms with Crippen LogP contribution in [0.3, 0.4) is 0 Å². The maximum absolute atomic E-state index is 11.8. The summed E-state index contributed by atoms with van der Waals surface area (Å²) in [5.74, 6) is 0.0214. The van der Waals surface area contributed by atoms with Gasteiger partial charge in [-0.15, -0.1) is 0 Å². The van der Waals surface area contributed by atoms with Crippen LogP contribution in [0.4, 0.5) is 0 Å². The molecule has 0 aliphatic heterocycles. The molecule has 4 nitrogen and oxygen atoms in total. The number of carbonyl (C=O) groups excluding carboxylic acids is 1. The highest BCUT2D eigenvalue weighted by Crippen LogP contribution is 2.33. The Kier molecular flexibility index (Phi) is 2.44. The highest BCUT2D eigenvalue weighted by atomic mass is 16.2. The van der Waals surface area contributed by atoms with Crippen LogP contribution in [0.15, 0.2) is 24.4 Å². The molecule has 0 saturated heterocycles. The smallest absolute Gasteiger partial charge is 0.242 e. The molecule has 1 aliphatic carbocycles. The standard InChI is InChI=1S/C11H15N3O/c1-14(10(15)11(12)5-6-11)8-9-4-2-3-7-13-9/h2-4,7H,5-6,8,12H2,1H3. The Balaban J connectivity index is 1.98. The third kappa shape index (κ3) is 2.15. The first-order chi connectivity index (χ1) is 7.12. The Hall–Kier alpha value is -1.42. The zero-order valence-electron chi connectivity index (χ0n) is 8.81. The van der Waals surface area contributed by atoms with Crippen molar-refractivity contribution >= 4 is 5.91 Å². The normalized spacial score (nSPS) is 17.2. The molecule has 1 aromatic heterocycles. The van der Waals surface area contributed by atoms with Gasteiger partial charge in [-0.2, -0.15) is 0 Å². The Morgan fingerprint density at radius 3 is 2.87 bits per heavy atom. The van der Waals surface area contributed by atoms with E-state index in [-0.39, 0.29) is 5.91 Å². The average molecular weight is 205 g/mol. The predicted octanol–water partition coefficient (Wildman–Crippen LogP) is 0.531. The molecule has 1 heterocycles. The van der Waals surface area contributed by atoms with Crippen LogP contribution in [0.5, 0.6) is 0 Å². The lowest BCUT2D eigenvalue weighted by Gasteiger charge is -2.20. The molecule has 0 spiro atoms. The fourth-order valence-electron chi connectivity index (χ4n) is 1.54. The summed E-state index contributed by atoms with van der Waals surface area (Å²) in [6.07, 6.45) is 3.33. The number of nitrogens with two attached hydrogens (primary N) is 1. The Morgan fingerprint density at radius 1 is 1.60 bits per heavy atom. The van der Waals surface area contributed by atoms with E-state index >= 15 is 0 Å². The van der Waals surface area contributed by atoms with Gasteiger partial charge in [0, 0.05) is 13.2 Å². The Morgan fingerprint density at radius 2 is 2.33 bits per heavy atom. The molecule has 0 unspecified atom stereocenters. The minimum Gasteiger partial charge on any atom is -0.338 e. The molecule has 0 aromatic carbocycles. The molecule has 0 atom stereocenters. The lowest BCUT2D eigenvalue weighted by Crippen LogP contribution is -2.43. The molecule has 0 radical (unpaired) electrons. The van der Waals surface area contributed by atoms with Gasteiger partial charge in [-0.1, -0.05) is 6.07 Å². The fraction of sp³-hybridized carbons (Fsp3) is 0.455. The van der Waals surface area contributed by atoms with Gasteiger partial charge >= 0.3 is 0 Å². The molecule has 1 aliphatic rings. The Bertz CT molecular complexity index is 359. The largest absolute Gasteiger partial charge is 0.338 e. The van der Waals surface area contributed by atoms with Gasteiger partial charge in [0.1, 0.15) is 0 Å². The summed E-state index contributed by atoms with van der Waals surface area (Å²) in [5, 5.41) is 0. The van der Waals surface area contributed by atoms with Crippen LogP contribution < -0.4 is 5.73 Å². The Labute approximate surface area is 89.1 Å². The maximum Gasteiger partial charge on any atom is 0.242 e. The molecule has 15 heavy (non-hydrogen) atoms. The van der Waals surface area contributed by atoms with Crippen LogP contribution in [0.2, 0.25) is 0 Å². The van der Waals surface area contributed by atoms with Gasteiger partial charge in [0.15, 0.2) is 0 Å². The minimum absolute atomic E-state index is 0.0214. The molecule has 2 rings (SSSR count). The van der Waals surface area contributed by atoms with Crippen molar-refractivity contribution in [1.29, 1.82) is 0 Å². The summed E-state index contributed by atoms with van der Waals surface area (Å²) in [6, 6.07) is 5.67. The van der Waals surface area contributed by atoms with E-state index in [9.17, 15) is 4.79 Å². The summed E-state index contributed by atoms with van der Waals surface area (Å²) < 4.78 is 0. The third-order valence-electron chi connectivity index (χ3n) is 2.69. The van der Waals surface area contributed by atoms with E-state index in [4.69, 9.17) is 5.73 Å². The van der Waals surface area contributed by atoms with E-state index in [0.717, 1.165) is 18.5 Å². The molecular weight excluding hydrogens is 190 g/mol. The fourth-order valence-corrected chi connectivity index (χ4v) is 1.54. The number of amides is 1. The van der Waals surface area contributed by atoms with Crippen molar-refractivity contribution in [2.45, 2.75) is 24.9 Å². The highest BCUT2D eigenvalue weighted by molar-refractivity contribution is 5.88. The van der Waals surface area contributed by atoms with E-state index in [0.29, 0.717) is 6.54 Å². The number of likely N-dealkylation sites (N-methyl/N-ethyl adjacent to an activating group) is 1. The van der Waals surface area contributed by atoms with Crippen LogP contribution in [0, 0.1) is 0 Å². The quantitative estimate of drug-likeness (QED) is 0.783. The minimum atomic E-state index is -0.580. The summed E-state index contributed by atoms with van der Waals surface area (Å²) in [5.41, 5.74) is 6.14. The van der Waals surface area contributed by atoms with Crippen molar-refractivity contribution < 1.29 is 4.79 Å².